The van der Waals surface area contributed by atoms with E-state index in [9.17, 15) is 59.9 Å². The summed E-state index contributed by atoms with van der Waals surface area (Å²) in [5.74, 6) is 1.62. The molecule has 8 aliphatic rings. The van der Waals surface area contributed by atoms with Gasteiger partial charge in [0.2, 0.25) is 11.8 Å². The minimum atomic E-state index is -0.880. The number of carbonyl (C=O) groups excluding carboxylic acids is 3. The Hall–Kier alpha value is -14.1. The Labute approximate surface area is 810 Å². The fourth-order valence-corrected chi connectivity index (χ4v) is 17.2. The second-order valence-corrected chi connectivity index (χ2v) is 34.0. The van der Waals surface area contributed by atoms with E-state index in [1.807, 2.05) is 80.1 Å². The summed E-state index contributed by atoms with van der Waals surface area (Å²) in [4.78, 5) is 103. The van der Waals surface area contributed by atoms with Gasteiger partial charge in [-0.25, -0.2) is 29.6 Å². The zero-order valence-corrected chi connectivity index (χ0v) is 79.5. The summed E-state index contributed by atoms with van der Waals surface area (Å²) in [5, 5.41) is 67.5. The van der Waals surface area contributed by atoms with Gasteiger partial charge in [-0.1, -0.05) is 185 Å². The van der Waals surface area contributed by atoms with E-state index < -0.39 is 5.97 Å². The van der Waals surface area contributed by atoms with Gasteiger partial charge in [-0.15, -0.1) is 22.1 Å². The maximum atomic E-state index is 13.4. The molecular formula is C110H117FeN7O20-2. The van der Waals surface area contributed by atoms with Gasteiger partial charge < -0.3 is 59.2 Å². The summed E-state index contributed by atoms with van der Waals surface area (Å²) in [6.45, 7) is 21.0. The number of amides is 2. The molecule has 7 N–H and O–H groups in total. The van der Waals surface area contributed by atoms with Crippen LogP contribution in [0.1, 0.15) is 208 Å². The molecule has 2 amide bonds. The third-order valence-corrected chi connectivity index (χ3v) is 24.5. The molecule has 2 aliphatic carbocycles. The van der Waals surface area contributed by atoms with Crippen LogP contribution in [0.5, 0.6) is 51.7 Å². The number of allylic oxidation sites excluding steroid dienone is 14. The van der Waals surface area contributed by atoms with Gasteiger partial charge >= 0.3 is 25.7 Å². The number of carboxylic acids is 1. The van der Waals surface area contributed by atoms with Gasteiger partial charge in [0.1, 0.15) is 52.2 Å². The first-order chi connectivity index (χ1) is 67.0. The van der Waals surface area contributed by atoms with Crippen molar-refractivity contribution < 1.29 is 108 Å². The molecule has 8 aromatic rings. The SMILES string of the molecule is C=CC1=C(C)c2cc3[n-]c(cc4nc(cc5[n-]c(cc1n2)c(C)c5CCC(=O)O)C(CCOC=O)=C4C)c(C)c3C=C.CCCCC/C=C\C/C=C\C/C=C\C/C=C\CCCC(=O)N1c2ccc(O)cc2Oc2cc(O)ccc21.CCCCC[C@@H](/C=C/[C@@H]1C(C/C=C\CCCC(=O)N2c3ccc(O)cc3Oc3cc(O)ccc32)[C@@H]2C[C@H]1OO2)OO.O=c1ccc2nc3ccc(O)cc3oc-2c1.[O]=[Fe]. The molecule has 6 aliphatic heterocycles. The molecule has 28 heteroatoms. The first kappa shape index (κ1) is 103. The Morgan fingerprint density at radius 3 is 1.61 bits per heavy atom. The summed E-state index contributed by atoms with van der Waals surface area (Å²) < 4.78 is 30.2. The summed E-state index contributed by atoms with van der Waals surface area (Å²) >= 11 is 2.00. The zero-order chi connectivity index (χ0) is 98.3. The molecule has 1 unspecified atom stereocenters. The van der Waals surface area contributed by atoms with E-state index in [0.717, 1.165) is 150 Å². The first-order valence-electron chi connectivity index (χ1n) is 46.6. The number of benzene rings is 6. The number of hydrogen-bond acceptors (Lipinski definition) is 22. The number of aromatic nitrogens is 5. The van der Waals surface area contributed by atoms with Crippen molar-refractivity contribution in [1.29, 1.82) is 0 Å². The van der Waals surface area contributed by atoms with Crippen molar-refractivity contribution in [2.75, 3.05) is 16.4 Å². The number of phenolic OH excluding ortho intramolecular Hbond substituents is 5. The van der Waals surface area contributed by atoms with E-state index in [0.29, 0.717) is 124 Å². The maximum absolute atomic E-state index is 13.4. The van der Waals surface area contributed by atoms with E-state index in [2.05, 4.69) is 104 Å². The molecule has 138 heavy (non-hydrogen) atoms. The Balaban J connectivity index is 0.000000170. The van der Waals surface area contributed by atoms with Gasteiger partial charge in [0.25, 0.3) is 6.47 Å². The standard InChI is InChI=1S/C34H33N4O4.C32H39NO8.C32H39NO4.C12H7NO3.Fe.O/c1-7-22-18(3)26-13-27-21(6)25(11-12-42-17-39)33(37-27)16-32-24(9-10-34(40)41)20(5)29(38-32)15-31-23(8-2)19(4)28(36-31)14-30(22)35-26;1-2-3-6-9-23(39-37)14-15-25-24(28-20-29(25)41-40-28)10-7-4-5-8-11-32(36)33-26-16-12-21(34)18-30(26)38-31-19-22(35)13-17-27(31)33;1-2-3-4-5-6-7-8-9-10-11-12-13-14-15-16-17-18-19-32(36)33-28-22-20-26(34)24-30(28)37-31-25-27(35)21-23-29(31)33;14-7-1-3-9-11(5-7)16-12-6-8(15)2-4-10(12)13-9;;/h7-8,13-17H,1-2,9-12H2,3-6H3,(H2-,35,36,37,38,40,41);4,7,12-19,23-25,28-29,34-35,37H,2-3,5-6,8-11,20H2,1H3;6-7,9-10,12-13,15-16,20-25,34-35H,2-5,8,11,14,17-19H2,1H3;1-6,14H;;/q-1;;;;;/p-1/b;7-4-,15-14+;7-6-,10-9-,13-12-,16-15-;;;/t;23-,24?,25+,28-,29+;;;;/m.0..../s1. The van der Waals surface area contributed by atoms with Crippen molar-refractivity contribution >= 4 is 109 Å². The van der Waals surface area contributed by atoms with Gasteiger partial charge in [0.05, 0.1) is 58.2 Å². The quantitative estimate of drug-likeness (QED) is 0.00365. The van der Waals surface area contributed by atoms with Crippen molar-refractivity contribution in [2.45, 2.75) is 201 Å². The molecule has 5 aromatic carbocycles. The van der Waals surface area contributed by atoms with Gasteiger partial charge in [0, 0.05) is 85.9 Å². The van der Waals surface area contributed by atoms with Crippen LogP contribution < -0.4 is 34.7 Å². The van der Waals surface area contributed by atoms with Crippen LogP contribution in [0.25, 0.3) is 73.0 Å². The van der Waals surface area contributed by atoms with Gasteiger partial charge in [0.15, 0.2) is 39.8 Å². The van der Waals surface area contributed by atoms with E-state index in [1.165, 1.54) is 92.4 Å². The number of nitrogens with zero attached hydrogens (tertiary/aromatic N) is 7. The number of ether oxygens (including phenoxy) is 3. The second-order valence-electron chi connectivity index (χ2n) is 34.0. The van der Waals surface area contributed by atoms with Gasteiger partial charge in [-0.3, -0.25) is 39.0 Å². The summed E-state index contributed by atoms with van der Waals surface area (Å²) in [6, 6.07) is 35.5. The number of fused-ring (bicyclic) bond motifs is 16. The van der Waals surface area contributed by atoms with Crippen molar-refractivity contribution in [3.8, 4) is 63.2 Å². The van der Waals surface area contributed by atoms with Crippen molar-refractivity contribution in [3.63, 3.8) is 0 Å². The molecule has 3 aromatic heterocycles. The predicted molar refractivity (Wildman–Crippen MR) is 531 cm³/mol. The number of aromatic hydroxyl groups is 5. The summed E-state index contributed by atoms with van der Waals surface area (Å²) in [7, 11) is 0. The number of phenols is 5. The van der Waals surface area contributed by atoms with E-state index >= 15 is 0 Å². The van der Waals surface area contributed by atoms with Gasteiger partial charge in [-0.2, -0.15) is 0 Å². The fraction of sp³-hybridized carbons (Fsp3) is 0.309. The Bertz CT molecular complexity index is 6410. The van der Waals surface area contributed by atoms with Crippen LogP contribution in [0.15, 0.2) is 235 Å². The third kappa shape index (κ3) is 26.6. The molecule has 722 valence electrons. The molecule has 5 atom stereocenters. The number of aliphatic carboxylic acids is 1. The number of hydrogen-bond donors (Lipinski definition) is 7. The molecule has 10 bridgehead atoms. The van der Waals surface area contributed by atoms with Crippen molar-refractivity contribution in [1.82, 2.24) is 24.9 Å². The van der Waals surface area contributed by atoms with E-state index in [4.69, 9.17) is 52.2 Å². The van der Waals surface area contributed by atoms with Crippen LogP contribution in [0.4, 0.5) is 22.7 Å². The molecule has 0 spiro atoms. The van der Waals surface area contributed by atoms with Gasteiger partial charge in [-0.05, 0) is 200 Å². The topological polar surface area (TPSA) is 386 Å². The number of aryl methyl sites for hydroxylation is 3. The summed E-state index contributed by atoms with van der Waals surface area (Å²) in [5.41, 5.74) is 17.1. The van der Waals surface area contributed by atoms with Crippen LogP contribution >= 0.6 is 0 Å². The molecule has 1 saturated carbocycles. The number of carbonyl (C=O) groups is 4. The monoisotopic (exact) mass is 1910 g/mol. The normalized spacial score (nSPS) is 15.8. The third-order valence-electron chi connectivity index (χ3n) is 24.5. The Morgan fingerprint density at radius 1 is 0.536 bits per heavy atom. The number of unbranched alkanes of at least 4 members (excludes halogenated alkanes) is 7. The van der Waals surface area contributed by atoms with Crippen LogP contribution in [-0.2, 0) is 64.8 Å². The zero-order valence-electron chi connectivity index (χ0n) is 78.3. The van der Waals surface area contributed by atoms with Crippen molar-refractivity contribution in [3.05, 3.63) is 281 Å². The minimum absolute atomic E-state index is 0.0189. The van der Waals surface area contributed by atoms with Crippen LogP contribution in [-0.4, -0.2) is 100 Å². The average Bonchev–Trinajstić information content (AvgIpc) is 1.07. The number of anilines is 4. The predicted octanol–water partition coefficient (Wildman–Crippen LogP) is 24.7. The number of rotatable bonds is 36. The first-order valence-corrected chi connectivity index (χ1v) is 47.1. The van der Waals surface area contributed by atoms with Crippen LogP contribution in [0.3, 0.4) is 0 Å². The Morgan fingerprint density at radius 2 is 1.04 bits per heavy atom. The molecular weight excluding hydrogens is 1800 g/mol. The molecule has 27 nitrogen and oxygen atoms in total. The van der Waals surface area contributed by atoms with Crippen molar-refractivity contribution in [2.24, 2.45) is 11.8 Å². The molecule has 16 rings (SSSR count). The van der Waals surface area contributed by atoms with E-state index in [-0.39, 0.29) is 89.2 Å². The molecule has 0 radical (unpaired) electrons. The molecule has 1 saturated heterocycles. The fourth-order valence-electron chi connectivity index (χ4n) is 17.2. The second kappa shape index (κ2) is 50.6. The van der Waals surface area contributed by atoms with E-state index in [1.54, 1.807) is 58.3 Å². The molecule has 2 fully saturated rings. The van der Waals surface area contributed by atoms with Crippen LogP contribution in [0, 0.1) is 25.7 Å². The number of carboxylic acid groups (broad SMARTS) is 1. The van der Waals surface area contributed by atoms with Crippen LogP contribution in [0.2, 0.25) is 0 Å². The Kier molecular flexibility index (Phi) is 37.7. The average molecular weight is 1910 g/mol. The molecule has 9 heterocycles. The summed E-state index contributed by atoms with van der Waals surface area (Å²) in [6.07, 6.45) is 47.3.